The maximum Gasteiger partial charge on any atom is 0.573 e. The summed E-state index contributed by atoms with van der Waals surface area (Å²) in [7, 11) is -3.97. The van der Waals surface area contributed by atoms with Crippen LogP contribution in [0, 0.1) is 0 Å². The Kier molecular flexibility index (Phi) is 3.96. The summed E-state index contributed by atoms with van der Waals surface area (Å²) in [6.45, 7) is -0.384. The van der Waals surface area contributed by atoms with Gasteiger partial charge in [-0.25, -0.2) is 5.14 Å². The summed E-state index contributed by atoms with van der Waals surface area (Å²) in [6.07, 6.45) is -4.84. The zero-order valence-corrected chi connectivity index (χ0v) is 9.18. The second-order valence-electron chi connectivity index (χ2n) is 3.02. The number of benzene rings is 1. The predicted molar refractivity (Wildman–Crippen MR) is 53.1 cm³/mol. The number of alkyl halides is 3. The van der Waals surface area contributed by atoms with E-state index in [1.54, 1.807) is 0 Å². The van der Waals surface area contributed by atoms with E-state index in [0.29, 0.717) is 0 Å². The van der Waals surface area contributed by atoms with Crippen molar-refractivity contribution in [2.24, 2.45) is 5.14 Å². The molecule has 0 aliphatic heterocycles. The maximum atomic E-state index is 12.0. The maximum absolute atomic E-state index is 12.0. The van der Waals surface area contributed by atoms with Crippen LogP contribution in [0.15, 0.2) is 24.3 Å². The van der Waals surface area contributed by atoms with Crippen LogP contribution in [0.1, 0.15) is 5.56 Å². The molecule has 0 amide bonds. The zero-order chi connectivity index (χ0) is 13.1. The quantitative estimate of drug-likeness (QED) is 0.852. The predicted octanol–water partition coefficient (Wildman–Crippen LogP) is 0.878. The molecule has 0 bridgehead atoms. The molecule has 0 spiro atoms. The molecule has 9 heteroatoms. The number of hydrogen-bond donors (Lipinski definition) is 2. The number of hydrogen-bond acceptors (Lipinski definition) is 3. The minimum absolute atomic E-state index is 0.0267. The smallest absolute Gasteiger partial charge is 0.405 e. The Morgan fingerprint density at radius 3 is 2.41 bits per heavy atom. The van der Waals surface area contributed by atoms with Crippen LogP contribution in [0.25, 0.3) is 0 Å². The lowest BCUT2D eigenvalue weighted by atomic mass is 10.2. The van der Waals surface area contributed by atoms with E-state index < -0.39 is 22.3 Å². The van der Waals surface area contributed by atoms with Crippen molar-refractivity contribution in [1.29, 1.82) is 0 Å². The molecule has 0 heterocycles. The Bertz CT molecular complexity index is 487. The molecule has 1 aromatic carbocycles. The van der Waals surface area contributed by atoms with E-state index in [-0.39, 0.29) is 12.1 Å². The van der Waals surface area contributed by atoms with Gasteiger partial charge in [0.2, 0.25) is 0 Å². The molecule has 0 unspecified atom stereocenters. The fraction of sp³-hybridized carbons (Fsp3) is 0.250. The number of ether oxygens (including phenoxy) is 1. The number of halogens is 3. The van der Waals surface area contributed by atoms with Crippen LogP contribution in [-0.2, 0) is 16.8 Å². The number of nitrogens with one attached hydrogen (secondary N) is 1. The molecule has 0 aliphatic rings. The van der Waals surface area contributed by atoms with Crippen molar-refractivity contribution >= 4 is 10.2 Å². The summed E-state index contributed by atoms with van der Waals surface area (Å²) in [5.74, 6) is -0.476. The minimum Gasteiger partial charge on any atom is -0.405 e. The Balaban J connectivity index is 2.85. The normalized spacial score (nSPS) is 12.5. The minimum atomic E-state index is -4.84. The van der Waals surface area contributed by atoms with Crippen molar-refractivity contribution in [3.8, 4) is 5.75 Å². The van der Waals surface area contributed by atoms with Gasteiger partial charge in [0.15, 0.2) is 0 Å². The fourth-order valence-corrected chi connectivity index (χ4v) is 1.41. The topological polar surface area (TPSA) is 81.4 Å². The van der Waals surface area contributed by atoms with E-state index in [0.717, 1.165) is 6.07 Å². The second kappa shape index (κ2) is 4.90. The summed E-state index contributed by atoms with van der Waals surface area (Å²) in [5.41, 5.74) is 0.0267. The summed E-state index contributed by atoms with van der Waals surface area (Å²) in [4.78, 5) is 0. The summed E-state index contributed by atoms with van der Waals surface area (Å²) >= 11 is 0. The van der Waals surface area contributed by atoms with Crippen LogP contribution in [-0.4, -0.2) is 14.8 Å². The molecule has 5 nitrogen and oxygen atoms in total. The second-order valence-corrected chi connectivity index (χ2v) is 4.40. The monoisotopic (exact) mass is 270 g/mol. The Morgan fingerprint density at radius 1 is 1.29 bits per heavy atom. The van der Waals surface area contributed by atoms with Gasteiger partial charge in [-0.05, 0) is 6.07 Å². The lowest BCUT2D eigenvalue weighted by molar-refractivity contribution is -0.274. The van der Waals surface area contributed by atoms with Crippen molar-refractivity contribution < 1.29 is 26.3 Å². The van der Waals surface area contributed by atoms with Crippen molar-refractivity contribution in [1.82, 2.24) is 4.72 Å². The highest BCUT2D eigenvalue weighted by molar-refractivity contribution is 7.87. The fourth-order valence-electron chi connectivity index (χ4n) is 1.05. The number of rotatable bonds is 4. The first kappa shape index (κ1) is 13.7. The molecule has 96 valence electrons. The highest BCUT2D eigenvalue weighted by Crippen LogP contribution is 2.25. The van der Waals surface area contributed by atoms with Gasteiger partial charge in [0.25, 0.3) is 10.2 Å². The van der Waals surface area contributed by atoms with E-state index in [1.165, 1.54) is 18.2 Å². The molecule has 0 saturated carbocycles. The van der Waals surface area contributed by atoms with Crippen LogP contribution in [0.4, 0.5) is 13.2 Å². The molecular weight excluding hydrogens is 261 g/mol. The SMILES string of the molecule is NS(=O)(=O)NCc1ccccc1OC(F)(F)F. The summed E-state index contributed by atoms with van der Waals surface area (Å²) < 4.78 is 62.8. The van der Waals surface area contributed by atoms with Crippen LogP contribution in [0.3, 0.4) is 0 Å². The summed E-state index contributed by atoms with van der Waals surface area (Å²) in [5, 5.41) is 4.66. The third-order valence-corrected chi connectivity index (χ3v) is 2.21. The van der Waals surface area contributed by atoms with E-state index in [2.05, 4.69) is 9.88 Å². The highest BCUT2D eigenvalue weighted by atomic mass is 32.2. The lowest BCUT2D eigenvalue weighted by Gasteiger charge is -2.12. The van der Waals surface area contributed by atoms with Crippen molar-refractivity contribution in [2.75, 3.05) is 0 Å². The Hall–Kier alpha value is -1.32. The van der Waals surface area contributed by atoms with Crippen LogP contribution >= 0.6 is 0 Å². The van der Waals surface area contributed by atoms with Gasteiger partial charge < -0.3 is 4.74 Å². The first-order valence-corrected chi connectivity index (χ1v) is 5.83. The molecule has 0 aliphatic carbocycles. The number of nitrogens with two attached hydrogens (primary N) is 1. The van der Waals surface area contributed by atoms with Crippen molar-refractivity contribution in [3.63, 3.8) is 0 Å². The van der Waals surface area contributed by atoms with Gasteiger partial charge in [0, 0.05) is 12.1 Å². The molecule has 0 saturated heterocycles. The van der Waals surface area contributed by atoms with Gasteiger partial charge in [-0.2, -0.15) is 13.1 Å². The average molecular weight is 270 g/mol. The van der Waals surface area contributed by atoms with Gasteiger partial charge >= 0.3 is 6.36 Å². The molecule has 3 N–H and O–H groups in total. The lowest BCUT2D eigenvalue weighted by Crippen LogP contribution is -2.30. The standard InChI is InChI=1S/C8H9F3N2O3S/c9-8(10,11)16-7-4-2-1-3-6(7)5-13-17(12,14)15/h1-4,13H,5H2,(H2,12,14,15). The largest absolute Gasteiger partial charge is 0.573 e. The molecule has 1 rings (SSSR count). The highest BCUT2D eigenvalue weighted by Gasteiger charge is 2.31. The van der Waals surface area contributed by atoms with Gasteiger partial charge in [-0.1, -0.05) is 18.2 Å². The molecular formula is C8H9F3N2O3S. The number of para-hydroxylation sites is 1. The van der Waals surface area contributed by atoms with E-state index >= 15 is 0 Å². The van der Waals surface area contributed by atoms with Crippen LogP contribution in [0.5, 0.6) is 5.75 Å². The molecule has 0 atom stereocenters. The third kappa shape index (κ3) is 5.52. The molecule has 0 fully saturated rings. The van der Waals surface area contributed by atoms with Crippen molar-refractivity contribution in [3.05, 3.63) is 29.8 Å². The first-order chi connectivity index (χ1) is 7.67. The molecule has 0 aromatic heterocycles. The van der Waals surface area contributed by atoms with Crippen LogP contribution < -0.4 is 14.6 Å². The first-order valence-electron chi connectivity index (χ1n) is 4.28. The van der Waals surface area contributed by atoms with Crippen LogP contribution in [0.2, 0.25) is 0 Å². The van der Waals surface area contributed by atoms with Gasteiger partial charge in [-0.15, -0.1) is 13.2 Å². The molecule has 1 aromatic rings. The zero-order valence-electron chi connectivity index (χ0n) is 8.36. The van der Waals surface area contributed by atoms with Gasteiger partial charge in [0.1, 0.15) is 5.75 Å². The Morgan fingerprint density at radius 2 is 1.88 bits per heavy atom. The van der Waals surface area contributed by atoms with E-state index in [4.69, 9.17) is 0 Å². The molecule has 0 radical (unpaired) electrons. The van der Waals surface area contributed by atoms with Gasteiger partial charge in [-0.3, -0.25) is 0 Å². The average Bonchev–Trinajstić information content (AvgIpc) is 2.12. The van der Waals surface area contributed by atoms with E-state index in [9.17, 15) is 21.6 Å². The summed E-state index contributed by atoms with van der Waals surface area (Å²) in [6, 6.07) is 5.15. The van der Waals surface area contributed by atoms with Gasteiger partial charge in [0.05, 0.1) is 0 Å². The molecule has 17 heavy (non-hydrogen) atoms. The Labute approximate surface area is 95.6 Å². The third-order valence-electron chi connectivity index (χ3n) is 1.66. The van der Waals surface area contributed by atoms with E-state index in [1.807, 2.05) is 4.72 Å². The van der Waals surface area contributed by atoms with Crippen molar-refractivity contribution in [2.45, 2.75) is 12.9 Å².